The Hall–Kier alpha value is -2.36. The lowest BCUT2D eigenvalue weighted by Crippen LogP contribution is -2.40. The lowest BCUT2D eigenvalue weighted by molar-refractivity contribution is 0.0947. The van der Waals surface area contributed by atoms with E-state index in [1.54, 1.807) is 6.92 Å². The maximum atomic E-state index is 12.8. The van der Waals surface area contributed by atoms with Crippen LogP contribution in [0, 0.1) is 6.92 Å². The summed E-state index contributed by atoms with van der Waals surface area (Å²) in [7, 11) is -0.603. The van der Waals surface area contributed by atoms with Crippen molar-refractivity contribution in [2.24, 2.45) is 0 Å². The molecule has 0 spiro atoms. The van der Waals surface area contributed by atoms with Gasteiger partial charge in [-0.3, -0.25) is 4.79 Å². The molecule has 0 saturated carbocycles. The first-order valence-electron chi connectivity index (χ1n) is 9.15. The monoisotopic (exact) mass is 403 g/mol. The summed E-state index contributed by atoms with van der Waals surface area (Å²) in [6.45, 7) is 2.51. The van der Waals surface area contributed by atoms with Gasteiger partial charge in [0, 0.05) is 33.4 Å². The van der Waals surface area contributed by atoms with E-state index in [-0.39, 0.29) is 5.91 Å². The number of carbonyl (C=O) groups excluding carboxylic acids is 1. The van der Waals surface area contributed by atoms with Crippen LogP contribution in [0.25, 0.3) is 0 Å². The fourth-order valence-electron chi connectivity index (χ4n) is 3.29. The lowest BCUT2D eigenvalue weighted by atomic mass is 10.1. The Kier molecular flexibility index (Phi) is 6.07. The molecule has 1 amide bonds. The molecule has 0 bridgehead atoms. The topological polar surface area (TPSA) is 95.5 Å². The summed E-state index contributed by atoms with van der Waals surface area (Å²) in [6, 6.07) is 9.10. The van der Waals surface area contributed by atoms with Crippen molar-refractivity contribution >= 4 is 16.1 Å². The van der Waals surface area contributed by atoms with Gasteiger partial charge in [0.1, 0.15) is 5.82 Å². The van der Waals surface area contributed by atoms with E-state index in [2.05, 4.69) is 15.3 Å². The second-order valence-corrected chi connectivity index (χ2v) is 9.04. The van der Waals surface area contributed by atoms with Gasteiger partial charge in [0.2, 0.25) is 0 Å². The number of nitrogens with one attached hydrogen (secondary N) is 1. The number of hydrogen-bond donors (Lipinski definition) is 1. The Morgan fingerprint density at radius 1 is 1.29 bits per heavy atom. The third kappa shape index (κ3) is 4.21. The average Bonchev–Trinajstić information content (AvgIpc) is 3.17. The van der Waals surface area contributed by atoms with Crippen LogP contribution in [0.4, 0.5) is 0 Å². The molecule has 1 N–H and O–H groups in total. The van der Waals surface area contributed by atoms with E-state index in [4.69, 9.17) is 0 Å². The molecular weight excluding hydrogens is 378 g/mol. The van der Waals surface area contributed by atoms with Gasteiger partial charge < -0.3 is 5.32 Å². The van der Waals surface area contributed by atoms with Crippen molar-refractivity contribution in [2.75, 3.05) is 20.6 Å². The molecule has 1 aromatic heterocycles. The van der Waals surface area contributed by atoms with Crippen molar-refractivity contribution in [3.63, 3.8) is 0 Å². The van der Waals surface area contributed by atoms with E-state index in [1.165, 1.54) is 28.9 Å². The predicted octanol–water partition coefficient (Wildman–Crippen LogP) is 1.66. The third-order valence-electron chi connectivity index (χ3n) is 4.76. The van der Waals surface area contributed by atoms with Crippen LogP contribution in [-0.4, -0.2) is 53.5 Å². The van der Waals surface area contributed by atoms with Gasteiger partial charge in [0.25, 0.3) is 16.1 Å². The molecule has 1 aliphatic heterocycles. The van der Waals surface area contributed by atoms with Gasteiger partial charge in [-0.05, 0) is 25.3 Å². The molecule has 8 nitrogen and oxygen atoms in total. The number of nitrogens with zero attached hydrogens (tertiary/aromatic N) is 4. The SMILES string of the molecule is Cc1ncc(C(=O)NCc2ccccc2)c(C2CCCN2S(=O)(=O)N(C)C)n1. The van der Waals surface area contributed by atoms with Crippen LogP contribution in [0.15, 0.2) is 36.5 Å². The van der Waals surface area contributed by atoms with Gasteiger partial charge >= 0.3 is 0 Å². The van der Waals surface area contributed by atoms with E-state index in [0.29, 0.717) is 43.0 Å². The zero-order valence-corrected chi connectivity index (χ0v) is 17.1. The highest BCUT2D eigenvalue weighted by molar-refractivity contribution is 7.86. The van der Waals surface area contributed by atoms with Crippen LogP contribution in [0.3, 0.4) is 0 Å². The van der Waals surface area contributed by atoms with Crippen LogP contribution in [0.5, 0.6) is 0 Å². The molecule has 28 heavy (non-hydrogen) atoms. The fourth-order valence-corrected chi connectivity index (χ4v) is 4.60. The van der Waals surface area contributed by atoms with Gasteiger partial charge in [0.15, 0.2) is 0 Å². The van der Waals surface area contributed by atoms with Crippen LogP contribution in [-0.2, 0) is 16.8 Å². The molecule has 1 unspecified atom stereocenters. The average molecular weight is 404 g/mol. The molecule has 150 valence electrons. The quantitative estimate of drug-likeness (QED) is 0.791. The smallest absolute Gasteiger partial charge is 0.282 e. The predicted molar refractivity (Wildman–Crippen MR) is 106 cm³/mol. The highest BCUT2D eigenvalue weighted by Crippen LogP contribution is 2.35. The van der Waals surface area contributed by atoms with Gasteiger partial charge in [-0.15, -0.1) is 0 Å². The van der Waals surface area contributed by atoms with Gasteiger partial charge in [-0.25, -0.2) is 9.97 Å². The summed E-state index contributed by atoms with van der Waals surface area (Å²) in [6.07, 6.45) is 2.81. The minimum absolute atomic E-state index is 0.312. The fraction of sp³-hybridized carbons (Fsp3) is 0.421. The van der Waals surface area contributed by atoms with Crippen LogP contribution < -0.4 is 5.32 Å². The molecule has 1 atom stereocenters. The Bertz CT molecular complexity index is 947. The van der Waals surface area contributed by atoms with E-state index in [1.807, 2.05) is 30.3 Å². The number of amides is 1. The second-order valence-electron chi connectivity index (χ2n) is 6.94. The molecule has 2 aromatic rings. The maximum absolute atomic E-state index is 12.8. The minimum Gasteiger partial charge on any atom is -0.348 e. The summed E-state index contributed by atoms with van der Waals surface area (Å²) in [5, 5.41) is 2.88. The molecule has 0 radical (unpaired) electrons. The first-order valence-corrected chi connectivity index (χ1v) is 10.6. The van der Waals surface area contributed by atoms with Crippen molar-refractivity contribution in [3.8, 4) is 0 Å². The van der Waals surface area contributed by atoms with Gasteiger partial charge in [-0.1, -0.05) is 30.3 Å². The van der Waals surface area contributed by atoms with E-state index in [9.17, 15) is 13.2 Å². The van der Waals surface area contributed by atoms with Crippen LogP contribution in [0.1, 0.15) is 46.3 Å². The highest BCUT2D eigenvalue weighted by atomic mass is 32.2. The van der Waals surface area contributed by atoms with Crippen molar-refractivity contribution in [2.45, 2.75) is 32.4 Å². The Morgan fingerprint density at radius 3 is 2.68 bits per heavy atom. The Balaban J connectivity index is 1.89. The number of hydrogen-bond acceptors (Lipinski definition) is 5. The van der Waals surface area contributed by atoms with Crippen molar-refractivity contribution in [1.82, 2.24) is 23.9 Å². The summed E-state index contributed by atoms with van der Waals surface area (Å²) in [4.78, 5) is 21.4. The van der Waals surface area contributed by atoms with Gasteiger partial charge in [-0.2, -0.15) is 17.0 Å². The number of benzene rings is 1. The summed E-state index contributed by atoms with van der Waals surface area (Å²) >= 11 is 0. The molecule has 1 aromatic carbocycles. The number of aromatic nitrogens is 2. The lowest BCUT2D eigenvalue weighted by Gasteiger charge is -2.27. The highest BCUT2D eigenvalue weighted by Gasteiger charge is 2.39. The molecule has 2 heterocycles. The number of carbonyl (C=O) groups is 1. The maximum Gasteiger partial charge on any atom is 0.282 e. The third-order valence-corrected chi connectivity index (χ3v) is 6.71. The number of rotatable bonds is 6. The largest absolute Gasteiger partial charge is 0.348 e. The van der Waals surface area contributed by atoms with Crippen molar-refractivity contribution in [1.29, 1.82) is 0 Å². The van der Waals surface area contributed by atoms with E-state index in [0.717, 1.165) is 5.56 Å². The van der Waals surface area contributed by atoms with Crippen LogP contribution in [0.2, 0.25) is 0 Å². The molecule has 0 aliphatic carbocycles. The van der Waals surface area contributed by atoms with Crippen molar-refractivity contribution < 1.29 is 13.2 Å². The minimum atomic E-state index is -3.61. The number of aryl methyl sites for hydroxylation is 1. The molecule has 3 rings (SSSR count). The summed E-state index contributed by atoms with van der Waals surface area (Å²) in [5.41, 5.74) is 1.75. The first kappa shape index (κ1) is 20.4. The Morgan fingerprint density at radius 2 is 2.00 bits per heavy atom. The normalized spacial score (nSPS) is 17.8. The zero-order valence-electron chi connectivity index (χ0n) is 16.3. The van der Waals surface area contributed by atoms with Crippen molar-refractivity contribution in [3.05, 3.63) is 59.2 Å². The standard InChI is InChI=1S/C19H25N5O3S/c1-14-20-13-16(19(25)21-12-15-8-5-4-6-9-15)18(22-14)17-10-7-11-24(17)28(26,27)23(2)3/h4-6,8-9,13,17H,7,10-12H2,1-3H3,(H,21,25). The molecule has 1 saturated heterocycles. The molecule has 1 fully saturated rings. The first-order chi connectivity index (χ1) is 13.3. The summed E-state index contributed by atoms with van der Waals surface area (Å²) in [5.74, 6) is 0.191. The van der Waals surface area contributed by atoms with Crippen LogP contribution >= 0.6 is 0 Å². The summed E-state index contributed by atoms with van der Waals surface area (Å²) < 4.78 is 28.0. The molecular formula is C19H25N5O3S. The van der Waals surface area contributed by atoms with E-state index < -0.39 is 16.3 Å². The van der Waals surface area contributed by atoms with E-state index >= 15 is 0 Å². The molecule has 1 aliphatic rings. The van der Waals surface area contributed by atoms with Gasteiger partial charge in [0.05, 0.1) is 17.3 Å². The zero-order chi connectivity index (χ0) is 20.3. The molecule has 9 heteroatoms. The second kappa shape index (κ2) is 8.34. The Labute approximate surface area is 165 Å².